The Morgan fingerprint density at radius 1 is 1.00 bits per heavy atom. The summed E-state index contributed by atoms with van der Waals surface area (Å²) in [7, 11) is -4.22. The van der Waals surface area contributed by atoms with Crippen molar-refractivity contribution >= 4 is 38.1 Å². The first-order chi connectivity index (χ1) is 16.9. The van der Waals surface area contributed by atoms with Gasteiger partial charge >= 0.3 is 0 Å². The normalized spacial score (nSPS) is 12.8. The number of ether oxygens (including phenoxy) is 2. The number of pyridine rings is 1. The van der Waals surface area contributed by atoms with Crippen molar-refractivity contribution in [2.75, 3.05) is 29.4 Å². The first-order valence-electron chi connectivity index (χ1n) is 10.7. The van der Waals surface area contributed by atoms with Crippen LogP contribution >= 0.6 is 0 Å². The van der Waals surface area contributed by atoms with Crippen molar-refractivity contribution in [3.8, 4) is 11.5 Å². The highest BCUT2D eigenvalue weighted by Gasteiger charge is 2.29. The molecule has 0 radical (unpaired) electrons. The van der Waals surface area contributed by atoms with Gasteiger partial charge in [0.2, 0.25) is 5.91 Å². The molecule has 10 heteroatoms. The summed E-state index contributed by atoms with van der Waals surface area (Å²) in [5.41, 5.74) is 0.571. The van der Waals surface area contributed by atoms with E-state index in [0.717, 1.165) is 16.4 Å². The van der Waals surface area contributed by atoms with E-state index in [0.29, 0.717) is 41.2 Å². The van der Waals surface area contributed by atoms with Crippen LogP contribution in [0.5, 0.6) is 11.5 Å². The Labute approximate surface area is 201 Å². The SMILES string of the molecule is O=C(CN(c1ccc(F)cc1)S(=O)(=O)c1cccc2cnccc12)Nc1ccc2c(c1)OCCO2. The van der Waals surface area contributed by atoms with Gasteiger partial charge in [-0.1, -0.05) is 12.1 Å². The number of carbonyl (C=O) groups is 1. The molecule has 1 aromatic heterocycles. The topological polar surface area (TPSA) is 97.8 Å². The highest BCUT2D eigenvalue weighted by molar-refractivity contribution is 7.93. The highest BCUT2D eigenvalue weighted by atomic mass is 32.2. The van der Waals surface area contributed by atoms with Crippen LogP contribution in [0.4, 0.5) is 15.8 Å². The second kappa shape index (κ2) is 9.22. The number of benzene rings is 3. The summed E-state index contributed by atoms with van der Waals surface area (Å²) >= 11 is 0. The Hall–Kier alpha value is -4.18. The van der Waals surface area contributed by atoms with E-state index in [-0.39, 0.29) is 10.6 Å². The van der Waals surface area contributed by atoms with E-state index in [1.54, 1.807) is 42.6 Å². The van der Waals surface area contributed by atoms with Gasteiger partial charge in [0.1, 0.15) is 25.6 Å². The quantitative estimate of drug-likeness (QED) is 0.436. The second-order valence-corrected chi connectivity index (χ2v) is 9.58. The maximum Gasteiger partial charge on any atom is 0.265 e. The summed E-state index contributed by atoms with van der Waals surface area (Å²) in [5, 5.41) is 3.79. The fourth-order valence-electron chi connectivity index (χ4n) is 3.81. The average molecular weight is 494 g/mol. The zero-order valence-corrected chi connectivity index (χ0v) is 19.2. The van der Waals surface area contributed by atoms with Gasteiger partial charge in [-0.3, -0.25) is 14.1 Å². The summed E-state index contributed by atoms with van der Waals surface area (Å²) in [6.45, 7) is 0.291. The zero-order chi connectivity index (χ0) is 24.4. The lowest BCUT2D eigenvalue weighted by Gasteiger charge is -2.25. The third kappa shape index (κ3) is 4.60. The van der Waals surface area contributed by atoms with Gasteiger partial charge in [0.15, 0.2) is 11.5 Å². The van der Waals surface area contributed by atoms with Gasteiger partial charge in [0.25, 0.3) is 10.0 Å². The maximum absolute atomic E-state index is 13.8. The van der Waals surface area contributed by atoms with Crippen LogP contribution in [0.1, 0.15) is 0 Å². The number of aromatic nitrogens is 1. The summed E-state index contributed by atoms with van der Waals surface area (Å²) < 4.78 is 53.2. The third-order valence-electron chi connectivity index (χ3n) is 5.44. The number of hydrogen-bond donors (Lipinski definition) is 1. The van der Waals surface area contributed by atoms with Crippen molar-refractivity contribution in [1.82, 2.24) is 4.98 Å². The molecular weight excluding hydrogens is 473 g/mol. The molecule has 1 aliphatic heterocycles. The van der Waals surface area contributed by atoms with Crippen LogP contribution in [0.3, 0.4) is 0 Å². The molecule has 0 fully saturated rings. The van der Waals surface area contributed by atoms with Gasteiger partial charge in [0, 0.05) is 34.9 Å². The molecule has 0 saturated carbocycles. The fraction of sp³-hybridized carbons (Fsp3) is 0.120. The van der Waals surface area contributed by atoms with Gasteiger partial charge in [0.05, 0.1) is 10.6 Å². The maximum atomic E-state index is 13.8. The second-order valence-electron chi connectivity index (χ2n) is 7.75. The minimum absolute atomic E-state index is 0.00820. The van der Waals surface area contributed by atoms with E-state index in [1.165, 1.54) is 24.4 Å². The number of hydrogen-bond acceptors (Lipinski definition) is 6. The number of nitrogens with zero attached hydrogens (tertiary/aromatic N) is 2. The minimum atomic E-state index is -4.22. The molecule has 1 amide bonds. The molecule has 5 rings (SSSR count). The van der Waals surface area contributed by atoms with Crippen molar-refractivity contribution in [1.29, 1.82) is 0 Å². The Morgan fingerprint density at radius 3 is 2.57 bits per heavy atom. The molecule has 2 heterocycles. The molecule has 3 aromatic carbocycles. The lowest BCUT2D eigenvalue weighted by atomic mass is 10.2. The van der Waals surface area contributed by atoms with Crippen LogP contribution in [0.15, 0.2) is 84.0 Å². The molecule has 0 saturated heterocycles. The van der Waals surface area contributed by atoms with E-state index >= 15 is 0 Å². The van der Waals surface area contributed by atoms with Crippen molar-refractivity contribution in [3.05, 3.63) is 84.9 Å². The molecule has 1 aliphatic rings. The lowest BCUT2D eigenvalue weighted by Crippen LogP contribution is -2.38. The number of carbonyl (C=O) groups excluding carboxylic acids is 1. The summed E-state index contributed by atoms with van der Waals surface area (Å²) in [4.78, 5) is 17.0. The van der Waals surface area contributed by atoms with Gasteiger partial charge in [-0.05, 0) is 48.5 Å². The molecule has 8 nitrogen and oxygen atoms in total. The minimum Gasteiger partial charge on any atom is -0.486 e. The molecule has 0 atom stereocenters. The number of anilines is 2. The third-order valence-corrected chi connectivity index (χ3v) is 7.27. The van der Waals surface area contributed by atoms with Crippen LogP contribution in [-0.4, -0.2) is 39.1 Å². The van der Waals surface area contributed by atoms with Crippen LogP contribution in [0.25, 0.3) is 10.8 Å². The van der Waals surface area contributed by atoms with Crippen molar-refractivity contribution in [2.45, 2.75) is 4.90 Å². The molecule has 35 heavy (non-hydrogen) atoms. The number of fused-ring (bicyclic) bond motifs is 2. The fourth-order valence-corrected chi connectivity index (χ4v) is 5.45. The van der Waals surface area contributed by atoms with Gasteiger partial charge in [-0.25, -0.2) is 12.8 Å². The van der Waals surface area contributed by atoms with Crippen LogP contribution < -0.4 is 19.1 Å². The average Bonchev–Trinajstić information content (AvgIpc) is 2.87. The molecule has 0 bridgehead atoms. The summed E-state index contributed by atoms with van der Waals surface area (Å²) in [5.74, 6) is -0.0591. The number of amides is 1. The van der Waals surface area contributed by atoms with E-state index in [9.17, 15) is 17.6 Å². The molecular formula is C25H20FN3O5S. The molecule has 4 aromatic rings. The predicted octanol–water partition coefficient (Wildman–Crippen LogP) is 3.98. The Morgan fingerprint density at radius 2 is 1.77 bits per heavy atom. The van der Waals surface area contributed by atoms with E-state index < -0.39 is 28.3 Å². The summed E-state index contributed by atoms with van der Waals surface area (Å²) in [6.07, 6.45) is 3.06. The molecule has 0 unspecified atom stereocenters. The number of nitrogens with one attached hydrogen (secondary N) is 1. The van der Waals surface area contributed by atoms with Gasteiger partial charge < -0.3 is 14.8 Å². The zero-order valence-electron chi connectivity index (χ0n) is 18.3. The molecule has 0 aliphatic carbocycles. The first-order valence-corrected chi connectivity index (χ1v) is 12.2. The Kier molecular flexibility index (Phi) is 5.96. The van der Waals surface area contributed by atoms with Crippen molar-refractivity contribution < 1.29 is 27.1 Å². The number of halogens is 1. The summed E-state index contributed by atoms with van der Waals surface area (Å²) in [6, 6.07) is 16.3. The van der Waals surface area contributed by atoms with E-state index in [1.807, 2.05) is 0 Å². The smallest absolute Gasteiger partial charge is 0.265 e. The van der Waals surface area contributed by atoms with Gasteiger partial charge in [-0.2, -0.15) is 0 Å². The van der Waals surface area contributed by atoms with Gasteiger partial charge in [-0.15, -0.1) is 0 Å². The van der Waals surface area contributed by atoms with Crippen LogP contribution in [0.2, 0.25) is 0 Å². The Bertz CT molecular complexity index is 1500. The highest BCUT2D eigenvalue weighted by Crippen LogP contribution is 2.33. The van der Waals surface area contributed by atoms with E-state index in [2.05, 4.69) is 10.3 Å². The predicted molar refractivity (Wildman–Crippen MR) is 129 cm³/mol. The van der Waals surface area contributed by atoms with Crippen molar-refractivity contribution in [3.63, 3.8) is 0 Å². The lowest BCUT2D eigenvalue weighted by molar-refractivity contribution is -0.114. The number of rotatable bonds is 6. The Balaban J connectivity index is 1.49. The van der Waals surface area contributed by atoms with E-state index in [4.69, 9.17) is 9.47 Å². The molecule has 0 spiro atoms. The first kappa shape index (κ1) is 22.6. The largest absolute Gasteiger partial charge is 0.486 e. The number of sulfonamides is 1. The molecule has 1 N–H and O–H groups in total. The standard InChI is InChI=1S/C25H20FN3O5S/c26-18-4-7-20(8-5-18)29(35(31,32)24-3-1-2-17-15-27-11-10-21(17)24)16-25(30)28-19-6-9-22-23(14-19)34-13-12-33-22/h1-11,14-15H,12-13,16H2,(H,28,30). The molecule has 178 valence electrons. The van der Waals surface area contributed by atoms with Crippen molar-refractivity contribution in [2.24, 2.45) is 0 Å². The monoisotopic (exact) mass is 493 g/mol. The van der Waals surface area contributed by atoms with Crippen LogP contribution in [0, 0.1) is 5.82 Å². The van der Waals surface area contributed by atoms with Crippen LogP contribution in [-0.2, 0) is 14.8 Å².